The predicted molar refractivity (Wildman–Crippen MR) is 103 cm³/mol. The summed E-state index contributed by atoms with van der Waals surface area (Å²) < 4.78 is 10.7. The number of likely N-dealkylation sites (tertiary alicyclic amines) is 1. The Morgan fingerprint density at radius 2 is 1.78 bits per heavy atom. The molecule has 2 aromatic carbocycles. The van der Waals surface area contributed by atoms with Crippen molar-refractivity contribution in [1.82, 2.24) is 4.90 Å². The third kappa shape index (κ3) is 4.87. The zero-order valence-electron chi connectivity index (χ0n) is 15.7. The summed E-state index contributed by atoms with van der Waals surface area (Å²) >= 11 is 0. The quantitative estimate of drug-likeness (QED) is 0.734. The number of likely N-dealkylation sites (N-methyl/N-ethyl adjacent to an activating group) is 1. The van der Waals surface area contributed by atoms with Crippen LogP contribution in [-0.4, -0.2) is 44.2 Å². The molecule has 1 heterocycles. The van der Waals surface area contributed by atoms with Crippen LogP contribution in [0, 0.1) is 17.2 Å². The van der Waals surface area contributed by atoms with Crippen LogP contribution in [0.4, 0.5) is 0 Å². The number of nitriles is 1. The van der Waals surface area contributed by atoms with Gasteiger partial charge in [-0.15, -0.1) is 0 Å². The molecule has 1 fully saturated rings. The fourth-order valence-corrected chi connectivity index (χ4v) is 3.53. The SMILES string of the molecule is COC(=O)C[C@@H]1C[C@@H](COc2ccc(-c3ccc(C#N)cc3)cc2)N(C)C1. The number of esters is 1. The first kappa shape index (κ1) is 18.9. The lowest BCUT2D eigenvalue weighted by atomic mass is 10.0. The van der Waals surface area contributed by atoms with Crippen LogP contribution in [-0.2, 0) is 9.53 Å². The van der Waals surface area contributed by atoms with Crippen LogP contribution in [0.2, 0.25) is 0 Å². The van der Waals surface area contributed by atoms with Gasteiger partial charge in [0.1, 0.15) is 12.4 Å². The zero-order valence-corrected chi connectivity index (χ0v) is 15.7. The average Bonchev–Trinajstić information content (AvgIpc) is 3.05. The number of ether oxygens (including phenoxy) is 2. The van der Waals surface area contributed by atoms with Gasteiger partial charge in [-0.2, -0.15) is 5.26 Å². The Hall–Kier alpha value is -2.84. The molecule has 140 valence electrons. The van der Waals surface area contributed by atoms with Gasteiger partial charge in [-0.3, -0.25) is 9.69 Å². The minimum absolute atomic E-state index is 0.145. The smallest absolute Gasteiger partial charge is 0.305 e. The lowest BCUT2D eigenvalue weighted by Crippen LogP contribution is -2.30. The predicted octanol–water partition coefficient (Wildman–Crippen LogP) is 3.49. The summed E-state index contributed by atoms with van der Waals surface area (Å²) in [5, 5.41) is 8.88. The molecule has 0 unspecified atom stereocenters. The van der Waals surface area contributed by atoms with Crippen molar-refractivity contribution in [3.63, 3.8) is 0 Å². The van der Waals surface area contributed by atoms with E-state index < -0.39 is 0 Å². The molecule has 1 aliphatic heterocycles. The highest BCUT2D eigenvalue weighted by Crippen LogP contribution is 2.27. The number of benzene rings is 2. The summed E-state index contributed by atoms with van der Waals surface area (Å²) in [7, 11) is 3.50. The molecule has 1 saturated heterocycles. The van der Waals surface area contributed by atoms with Crippen LogP contribution >= 0.6 is 0 Å². The van der Waals surface area contributed by atoms with Crippen LogP contribution in [0.15, 0.2) is 48.5 Å². The Bertz CT molecular complexity index is 809. The first-order valence-electron chi connectivity index (χ1n) is 9.09. The number of hydrogen-bond donors (Lipinski definition) is 0. The zero-order chi connectivity index (χ0) is 19.2. The molecule has 0 aliphatic carbocycles. The van der Waals surface area contributed by atoms with Crippen molar-refractivity contribution in [2.24, 2.45) is 5.92 Å². The van der Waals surface area contributed by atoms with E-state index in [-0.39, 0.29) is 5.97 Å². The van der Waals surface area contributed by atoms with E-state index in [0.29, 0.717) is 30.6 Å². The van der Waals surface area contributed by atoms with Crippen molar-refractivity contribution in [2.45, 2.75) is 18.9 Å². The monoisotopic (exact) mass is 364 g/mol. The highest BCUT2D eigenvalue weighted by Gasteiger charge is 2.31. The topological polar surface area (TPSA) is 62.6 Å². The van der Waals surface area contributed by atoms with Crippen molar-refractivity contribution < 1.29 is 14.3 Å². The van der Waals surface area contributed by atoms with Crippen molar-refractivity contribution in [3.8, 4) is 22.9 Å². The van der Waals surface area contributed by atoms with Gasteiger partial charge < -0.3 is 9.47 Å². The lowest BCUT2D eigenvalue weighted by molar-refractivity contribution is -0.141. The van der Waals surface area contributed by atoms with E-state index >= 15 is 0 Å². The van der Waals surface area contributed by atoms with E-state index in [1.165, 1.54) is 7.11 Å². The van der Waals surface area contributed by atoms with Gasteiger partial charge in [0.2, 0.25) is 0 Å². The van der Waals surface area contributed by atoms with E-state index in [1.54, 1.807) is 0 Å². The molecule has 0 radical (unpaired) electrons. The molecule has 3 rings (SSSR count). The molecule has 0 amide bonds. The van der Waals surface area contributed by atoms with Crippen LogP contribution < -0.4 is 4.74 Å². The fraction of sp³-hybridized carbons (Fsp3) is 0.364. The summed E-state index contributed by atoms with van der Waals surface area (Å²) in [4.78, 5) is 13.7. The van der Waals surface area contributed by atoms with Crippen LogP contribution in [0.25, 0.3) is 11.1 Å². The molecule has 0 spiro atoms. The maximum Gasteiger partial charge on any atom is 0.305 e. The Morgan fingerprint density at radius 3 is 2.37 bits per heavy atom. The molecule has 5 heteroatoms. The molecule has 0 N–H and O–H groups in total. The molecule has 5 nitrogen and oxygen atoms in total. The Labute approximate surface area is 160 Å². The average molecular weight is 364 g/mol. The summed E-state index contributed by atoms with van der Waals surface area (Å²) in [5.41, 5.74) is 2.81. The van der Waals surface area contributed by atoms with Gasteiger partial charge in [0.25, 0.3) is 0 Å². The standard InChI is InChI=1S/C22H24N2O3/c1-24-14-17(12-22(25)26-2)11-20(24)15-27-21-9-7-19(8-10-21)18-5-3-16(13-23)4-6-18/h3-10,17,20H,11-12,14-15H2,1-2H3/t17-,20-/m0/s1. The minimum Gasteiger partial charge on any atom is -0.492 e. The molecule has 0 aromatic heterocycles. The minimum atomic E-state index is -0.145. The third-order valence-corrected chi connectivity index (χ3v) is 5.10. The van der Waals surface area contributed by atoms with E-state index in [1.807, 2.05) is 48.5 Å². The van der Waals surface area contributed by atoms with E-state index in [0.717, 1.165) is 29.8 Å². The number of carbonyl (C=O) groups excluding carboxylic acids is 1. The highest BCUT2D eigenvalue weighted by molar-refractivity contribution is 5.69. The normalized spacial score (nSPS) is 19.4. The van der Waals surface area contributed by atoms with Gasteiger partial charge >= 0.3 is 5.97 Å². The molecule has 0 bridgehead atoms. The lowest BCUT2D eigenvalue weighted by Gasteiger charge is -2.19. The summed E-state index contributed by atoms with van der Waals surface area (Å²) in [5.74, 6) is 1.01. The van der Waals surface area contributed by atoms with Crippen molar-refractivity contribution in [1.29, 1.82) is 5.26 Å². The largest absolute Gasteiger partial charge is 0.492 e. The summed E-state index contributed by atoms with van der Waals surface area (Å²) in [6.07, 6.45) is 1.41. The van der Waals surface area contributed by atoms with Crippen molar-refractivity contribution in [2.75, 3.05) is 27.3 Å². The third-order valence-electron chi connectivity index (χ3n) is 5.10. The van der Waals surface area contributed by atoms with E-state index in [2.05, 4.69) is 18.0 Å². The van der Waals surface area contributed by atoms with Gasteiger partial charge in [-0.25, -0.2) is 0 Å². The molecule has 1 aliphatic rings. The molecule has 2 aromatic rings. The number of carbonyl (C=O) groups is 1. The molecular formula is C22H24N2O3. The van der Waals surface area contributed by atoms with Crippen LogP contribution in [0.5, 0.6) is 5.75 Å². The van der Waals surface area contributed by atoms with Gasteiger partial charge in [0, 0.05) is 19.0 Å². The Balaban J connectivity index is 1.54. The summed E-state index contributed by atoms with van der Waals surface area (Å²) in [6.45, 7) is 1.49. The van der Waals surface area contributed by atoms with Crippen molar-refractivity contribution in [3.05, 3.63) is 54.1 Å². The maximum absolute atomic E-state index is 11.5. The summed E-state index contributed by atoms with van der Waals surface area (Å²) in [6, 6.07) is 17.9. The fourth-order valence-electron chi connectivity index (χ4n) is 3.53. The first-order valence-corrected chi connectivity index (χ1v) is 9.09. The molecule has 27 heavy (non-hydrogen) atoms. The first-order chi connectivity index (χ1) is 13.1. The molecule has 0 saturated carbocycles. The Morgan fingerprint density at radius 1 is 1.15 bits per heavy atom. The second-order valence-electron chi connectivity index (χ2n) is 7.00. The van der Waals surface area contributed by atoms with Gasteiger partial charge in [0.05, 0.1) is 18.7 Å². The number of nitrogens with zero attached hydrogens (tertiary/aromatic N) is 2. The maximum atomic E-state index is 11.5. The van der Waals surface area contributed by atoms with Gasteiger partial charge in [-0.1, -0.05) is 24.3 Å². The number of methoxy groups -OCH3 is 1. The Kier molecular flexibility index (Phi) is 6.10. The van der Waals surface area contributed by atoms with Gasteiger partial charge in [-0.05, 0) is 54.8 Å². The van der Waals surface area contributed by atoms with Crippen LogP contribution in [0.1, 0.15) is 18.4 Å². The molecular weight excluding hydrogens is 340 g/mol. The van der Waals surface area contributed by atoms with E-state index in [4.69, 9.17) is 14.7 Å². The molecule has 2 atom stereocenters. The number of rotatable bonds is 6. The number of hydrogen-bond acceptors (Lipinski definition) is 5. The second kappa shape index (κ2) is 8.70. The highest BCUT2D eigenvalue weighted by atomic mass is 16.5. The second-order valence-corrected chi connectivity index (χ2v) is 7.00. The van der Waals surface area contributed by atoms with Gasteiger partial charge in [0.15, 0.2) is 0 Å². The van der Waals surface area contributed by atoms with Crippen LogP contribution in [0.3, 0.4) is 0 Å². The van der Waals surface area contributed by atoms with E-state index in [9.17, 15) is 4.79 Å². The van der Waals surface area contributed by atoms with Crippen molar-refractivity contribution >= 4 is 5.97 Å².